The zero-order chi connectivity index (χ0) is 15.8. The Hall–Kier alpha value is -1.06. The molecule has 0 N–H and O–H groups in total. The highest BCUT2D eigenvalue weighted by molar-refractivity contribution is 5.44. The van der Waals surface area contributed by atoms with Gasteiger partial charge in [-0.3, -0.25) is 0 Å². The summed E-state index contributed by atoms with van der Waals surface area (Å²) in [6.45, 7) is 3.76. The first-order valence-electron chi connectivity index (χ1n) is 7.50. The number of rotatable bonds is 6. The normalized spacial score (nSPS) is 17.3. The van der Waals surface area contributed by atoms with Gasteiger partial charge in [-0.25, -0.2) is 17.6 Å². The molecule has 0 aromatic heterocycles. The summed E-state index contributed by atoms with van der Waals surface area (Å²) >= 11 is 0. The number of benzene rings is 1. The summed E-state index contributed by atoms with van der Waals surface area (Å²) in [6.07, 6.45) is 1.04. The Morgan fingerprint density at radius 3 is 2.29 bits per heavy atom. The van der Waals surface area contributed by atoms with E-state index in [1.165, 1.54) is 6.92 Å². The highest BCUT2D eigenvalue weighted by Crippen LogP contribution is 2.42. The molecule has 118 valence electrons. The first kappa shape index (κ1) is 16.3. The second-order valence-electron chi connectivity index (χ2n) is 6.33. The Kier molecular flexibility index (Phi) is 4.64. The fourth-order valence-electron chi connectivity index (χ4n) is 2.86. The Balaban J connectivity index is 2.42. The quantitative estimate of drug-likeness (QED) is 0.562. The van der Waals surface area contributed by atoms with Crippen molar-refractivity contribution in [1.29, 1.82) is 0 Å². The monoisotopic (exact) mass is 302 g/mol. The van der Waals surface area contributed by atoms with E-state index >= 15 is 0 Å². The average Bonchev–Trinajstić information content (AvgIpc) is 3.18. The van der Waals surface area contributed by atoms with Crippen molar-refractivity contribution in [3.8, 4) is 0 Å². The van der Waals surface area contributed by atoms with E-state index in [1.807, 2.05) is 0 Å². The van der Waals surface area contributed by atoms with Gasteiger partial charge >= 0.3 is 0 Å². The lowest BCUT2D eigenvalue weighted by Gasteiger charge is -2.26. The van der Waals surface area contributed by atoms with Crippen LogP contribution in [-0.2, 0) is 6.42 Å². The molecule has 21 heavy (non-hydrogen) atoms. The molecule has 0 nitrogen and oxygen atoms in total. The second kappa shape index (κ2) is 5.98. The molecule has 1 aromatic carbocycles. The van der Waals surface area contributed by atoms with Gasteiger partial charge in [0, 0.05) is 11.5 Å². The van der Waals surface area contributed by atoms with E-state index in [2.05, 4.69) is 0 Å². The van der Waals surface area contributed by atoms with E-state index in [4.69, 9.17) is 0 Å². The molecule has 0 spiro atoms. The van der Waals surface area contributed by atoms with Gasteiger partial charge in [0.05, 0.1) is 0 Å². The molecule has 1 saturated carbocycles. The number of alkyl halides is 4. The molecule has 0 aliphatic heterocycles. The minimum Gasteiger partial charge on any atom is -0.207 e. The van der Waals surface area contributed by atoms with Crippen molar-refractivity contribution in [3.05, 3.63) is 34.4 Å². The molecule has 1 aliphatic rings. The Morgan fingerprint density at radius 1 is 1.19 bits per heavy atom. The van der Waals surface area contributed by atoms with Gasteiger partial charge in [-0.05, 0) is 49.3 Å². The maximum atomic E-state index is 13.6. The number of halogens is 4. The third-order valence-corrected chi connectivity index (χ3v) is 4.53. The Morgan fingerprint density at radius 2 is 1.81 bits per heavy atom. The molecule has 1 atom stereocenters. The van der Waals surface area contributed by atoms with Crippen LogP contribution < -0.4 is 0 Å². The van der Waals surface area contributed by atoms with Crippen LogP contribution in [0.4, 0.5) is 17.6 Å². The standard InChI is InChI=1S/C17H22F4/c1-10-4-8-13(9-7-12-5-6-12)15(16(18)19)14(10)11(2)17(3,20)21/h4,8,11-12,16H,5-7,9H2,1-3H3. The van der Waals surface area contributed by atoms with Gasteiger partial charge in [0.15, 0.2) is 0 Å². The maximum Gasteiger partial charge on any atom is 0.264 e. The maximum absolute atomic E-state index is 13.6. The summed E-state index contributed by atoms with van der Waals surface area (Å²) in [4.78, 5) is 0. The summed E-state index contributed by atoms with van der Waals surface area (Å²) in [6, 6.07) is 3.38. The minimum absolute atomic E-state index is 0.130. The number of hydrogen-bond acceptors (Lipinski definition) is 0. The van der Waals surface area contributed by atoms with E-state index in [-0.39, 0.29) is 11.1 Å². The van der Waals surface area contributed by atoms with E-state index < -0.39 is 18.3 Å². The number of hydrogen-bond donors (Lipinski definition) is 0. The van der Waals surface area contributed by atoms with Crippen molar-refractivity contribution in [2.45, 2.75) is 64.7 Å². The summed E-state index contributed by atoms with van der Waals surface area (Å²) in [7, 11) is 0. The molecule has 0 bridgehead atoms. The fraction of sp³-hybridized carbons (Fsp3) is 0.647. The van der Waals surface area contributed by atoms with Gasteiger partial charge in [-0.2, -0.15) is 0 Å². The topological polar surface area (TPSA) is 0 Å². The van der Waals surface area contributed by atoms with Crippen LogP contribution in [0.1, 0.15) is 67.7 Å². The third kappa shape index (κ3) is 3.78. The number of aryl methyl sites for hydroxylation is 2. The SMILES string of the molecule is Cc1ccc(CCC2CC2)c(C(F)F)c1C(C)C(C)(F)F. The molecule has 1 aromatic rings. The minimum atomic E-state index is -3.01. The van der Waals surface area contributed by atoms with Crippen molar-refractivity contribution < 1.29 is 17.6 Å². The van der Waals surface area contributed by atoms with Crippen molar-refractivity contribution in [2.24, 2.45) is 5.92 Å². The zero-order valence-corrected chi connectivity index (χ0v) is 12.7. The van der Waals surface area contributed by atoms with Crippen LogP contribution >= 0.6 is 0 Å². The Labute approximate surface area is 123 Å². The lowest BCUT2D eigenvalue weighted by molar-refractivity contribution is -0.00355. The average molecular weight is 302 g/mol. The van der Waals surface area contributed by atoms with Crippen molar-refractivity contribution in [3.63, 3.8) is 0 Å². The summed E-state index contributed by atoms with van der Waals surface area (Å²) < 4.78 is 54.3. The summed E-state index contributed by atoms with van der Waals surface area (Å²) in [5, 5.41) is 0. The Bertz CT molecular complexity index is 498. The summed E-state index contributed by atoms with van der Waals surface area (Å²) in [5.41, 5.74) is 1.03. The van der Waals surface area contributed by atoms with Crippen LogP contribution in [0.3, 0.4) is 0 Å². The molecule has 4 heteroatoms. The molecule has 0 saturated heterocycles. The molecule has 0 amide bonds. The largest absolute Gasteiger partial charge is 0.264 e. The fourth-order valence-corrected chi connectivity index (χ4v) is 2.86. The first-order chi connectivity index (χ1) is 9.71. The van der Waals surface area contributed by atoms with Crippen LogP contribution in [0.5, 0.6) is 0 Å². The molecular weight excluding hydrogens is 280 g/mol. The molecule has 1 unspecified atom stereocenters. The van der Waals surface area contributed by atoms with Gasteiger partial charge in [-0.1, -0.05) is 31.9 Å². The lowest BCUT2D eigenvalue weighted by atomic mass is 9.84. The van der Waals surface area contributed by atoms with Gasteiger partial charge in [0.1, 0.15) is 0 Å². The van der Waals surface area contributed by atoms with Crippen LogP contribution in [-0.4, -0.2) is 5.92 Å². The van der Waals surface area contributed by atoms with Crippen LogP contribution in [0.2, 0.25) is 0 Å². The lowest BCUT2D eigenvalue weighted by Crippen LogP contribution is -2.22. The highest BCUT2D eigenvalue weighted by Gasteiger charge is 2.36. The summed E-state index contributed by atoms with van der Waals surface area (Å²) in [5.74, 6) is -3.59. The predicted octanol–water partition coefficient (Wildman–Crippen LogP) is 6.03. The van der Waals surface area contributed by atoms with Gasteiger partial charge in [-0.15, -0.1) is 0 Å². The van der Waals surface area contributed by atoms with Gasteiger partial charge < -0.3 is 0 Å². The predicted molar refractivity (Wildman–Crippen MR) is 76.2 cm³/mol. The van der Waals surface area contributed by atoms with E-state index in [0.717, 1.165) is 26.2 Å². The molecule has 2 rings (SSSR count). The van der Waals surface area contributed by atoms with E-state index in [9.17, 15) is 17.6 Å². The zero-order valence-electron chi connectivity index (χ0n) is 12.7. The van der Waals surface area contributed by atoms with Crippen LogP contribution in [0.25, 0.3) is 0 Å². The van der Waals surface area contributed by atoms with Gasteiger partial charge in [0.25, 0.3) is 12.3 Å². The molecular formula is C17H22F4. The van der Waals surface area contributed by atoms with Crippen molar-refractivity contribution >= 4 is 0 Å². The van der Waals surface area contributed by atoms with Crippen LogP contribution in [0.15, 0.2) is 12.1 Å². The highest BCUT2D eigenvalue weighted by atomic mass is 19.3. The van der Waals surface area contributed by atoms with Crippen molar-refractivity contribution in [2.75, 3.05) is 0 Å². The van der Waals surface area contributed by atoms with Gasteiger partial charge in [0.2, 0.25) is 0 Å². The van der Waals surface area contributed by atoms with Crippen molar-refractivity contribution in [1.82, 2.24) is 0 Å². The molecule has 1 fully saturated rings. The molecule has 0 heterocycles. The van der Waals surface area contributed by atoms with E-state index in [0.29, 0.717) is 23.5 Å². The smallest absolute Gasteiger partial charge is 0.207 e. The third-order valence-electron chi connectivity index (χ3n) is 4.53. The molecule has 1 aliphatic carbocycles. The second-order valence-corrected chi connectivity index (χ2v) is 6.33. The van der Waals surface area contributed by atoms with E-state index in [1.54, 1.807) is 19.1 Å². The van der Waals surface area contributed by atoms with Crippen LogP contribution in [0, 0.1) is 12.8 Å². The molecule has 0 radical (unpaired) electrons. The first-order valence-corrected chi connectivity index (χ1v) is 7.50.